The van der Waals surface area contributed by atoms with Gasteiger partial charge in [0.25, 0.3) is 0 Å². The van der Waals surface area contributed by atoms with Gasteiger partial charge in [-0.05, 0) is 42.8 Å². The molecule has 160 valence electrons. The highest BCUT2D eigenvalue weighted by molar-refractivity contribution is 5.89. The van der Waals surface area contributed by atoms with E-state index in [2.05, 4.69) is 9.97 Å². The van der Waals surface area contributed by atoms with Crippen LogP contribution in [0.15, 0.2) is 72.9 Å². The van der Waals surface area contributed by atoms with E-state index in [0.717, 1.165) is 16.8 Å². The number of halogens is 1. The highest BCUT2D eigenvalue weighted by atomic mass is 19.1. The van der Waals surface area contributed by atoms with E-state index in [1.807, 2.05) is 37.3 Å². The number of rotatable bonds is 6. The quantitative estimate of drug-likeness (QED) is 0.333. The lowest BCUT2D eigenvalue weighted by Crippen LogP contribution is -1.98. The van der Waals surface area contributed by atoms with Gasteiger partial charge >= 0.3 is 0 Å². The predicted molar refractivity (Wildman–Crippen MR) is 122 cm³/mol. The van der Waals surface area contributed by atoms with Crippen LogP contribution in [0.25, 0.3) is 21.8 Å². The van der Waals surface area contributed by atoms with E-state index < -0.39 is 5.82 Å². The number of nitrogens with one attached hydrogen (secondary N) is 1. The topological polar surface area (TPSA) is 56.4 Å². The lowest BCUT2D eigenvalue weighted by Gasteiger charge is -2.14. The first-order valence-corrected chi connectivity index (χ1v) is 10.2. The number of ether oxygens (including phenoxy) is 3. The first-order valence-electron chi connectivity index (χ1n) is 10.2. The van der Waals surface area contributed by atoms with Gasteiger partial charge in [-0.2, -0.15) is 0 Å². The summed E-state index contributed by atoms with van der Waals surface area (Å²) in [5.41, 5.74) is 3.32. The van der Waals surface area contributed by atoms with Gasteiger partial charge in [0.05, 0.1) is 12.6 Å². The molecule has 0 bridgehead atoms. The van der Waals surface area contributed by atoms with Crippen molar-refractivity contribution in [2.75, 3.05) is 7.11 Å². The molecule has 0 radical (unpaired) electrons. The zero-order valence-corrected chi connectivity index (χ0v) is 17.7. The maximum absolute atomic E-state index is 15.0. The molecule has 1 N–H and O–H groups in total. The number of methoxy groups -OCH3 is 1. The molecule has 0 amide bonds. The molecule has 0 atom stereocenters. The van der Waals surface area contributed by atoms with Gasteiger partial charge in [0.15, 0.2) is 23.1 Å². The standard InChI is InChI=1S/C26H21FN2O3/c1-16-12-19-20(29-16)8-9-23(26(19)27)32-22-10-11-28-21-14-25(24(30-2)13-18(21)22)31-15-17-6-4-3-5-7-17/h3-14,29H,15H2,1-2H3. The number of pyridine rings is 1. The number of fused-ring (bicyclic) bond motifs is 2. The Kier molecular flexibility index (Phi) is 5.11. The van der Waals surface area contributed by atoms with Crippen LogP contribution >= 0.6 is 0 Å². The van der Waals surface area contributed by atoms with Crippen LogP contribution in [-0.2, 0) is 6.61 Å². The van der Waals surface area contributed by atoms with Crippen LogP contribution in [0.1, 0.15) is 11.3 Å². The number of aromatic nitrogens is 2. The minimum Gasteiger partial charge on any atom is -0.493 e. The van der Waals surface area contributed by atoms with Gasteiger partial charge in [-0.3, -0.25) is 4.98 Å². The molecule has 2 heterocycles. The third kappa shape index (κ3) is 3.71. The number of hydrogen-bond donors (Lipinski definition) is 1. The molecule has 0 aliphatic rings. The zero-order chi connectivity index (χ0) is 22.1. The van der Waals surface area contributed by atoms with Gasteiger partial charge < -0.3 is 19.2 Å². The molecule has 32 heavy (non-hydrogen) atoms. The SMILES string of the molecule is COc1cc2c(Oc3ccc4[nH]c(C)cc4c3F)ccnc2cc1OCc1ccccc1. The molecule has 0 spiro atoms. The molecule has 2 aromatic heterocycles. The van der Waals surface area contributed by atoms with Crippen LogP contribution in [0.5, 0.6) is 23.0 Å². The van der Waals surface area contributed by atoms with Crippen molar-refractivity contribution in [3.63, 3.8) is 0 Å². The normalized spacial score (nSPS) is 11.1. The lowest BCUT2D eigenvalue weighted by atomic mass is 10.1. The summed E-state index contributed by atoms with van der Waals surface area (Å²) >= 11 is 0. The average Bonchev–Trinajstić information content (AvgIpc) is 3.21. The highest BCUT2D eigenvalue weighted by Crippen LogP contribution is 2.38. The van der Waals surface area contributed by atoms with E-state index in [1.165, 1.54) is 0 Å². The fraction of sp³-hybridized carbons (Fsp3) is 0.115. The van der Waals surface area contributed by atoms with Gasteiger partial charge in [-0.15, -0.1) is 0 Å². The molecule has 0 unspecified atom stereocenters. The Morgan fingerprint density at radius 3 is 2.53 bits per heavy atom. The summed E-state index contributed by atoms with van der Waals surface area (Å²) in [7, 11) is 1.58. The molecule has 5 nitrogen and oxygen atoms in total. The molecule has 5 aromatic rings. The van der Waals surface area contributed by atoms with Crippen molar-refractivity contribution in [1.29, 1.82) is 0 Å². The van der Waals surface area contributed by atoms with Gasteiger partial charge in [0.2, 0.25) is 0 Å². The number of hydrogen-bond acceptors (Lipinski definition) is 4. The molecule has 0 saturated heterocycles. The Morgan fingerprint density at radius 2 is 1.72 bits per heavy atom. The largest absolute Gasteiger partial charge is 0.493 e. The fourth-order valence-electron chi connectivity index (χ4n) is 3.71. The van der Waals surface area contributed by atoms with Crippen LogP contribution in [-0.4, -0.2) is 17.1 Å². The minimum atomic E-state index is -0.411. The average molecular weight is 428 g/mol. The Morgan fingerprint density at radius 1 is 0.875 bits per heavy atom. The van der Waals surface area contributed by atoms with E-state index in [1.54, 1.807) is 49.7 Å². The molecule has 0 aliphatic carbocycles. The van der Waals surface area contributed by atoms with Crippen molar-refractivity contribution < 1.29 is 18.6 Å². The third-order valence-corrected chi connectivity index (χ3v) is 5.28. The fourth-order valence-corrected chi connectivity index (χ4v) is 3.71. The van der Waals surface area contributed by atoms with Gasteiger partial charge in [0, 0.05) is 34.2 Å². The molecule has 5 rings (SSSR count). The molecule has 3 aromatic carbocycles. The number of aryl methyl sites for hydroxylation is 1. The summed E-state index contributed by atoms with van der Waals surface area (Å²) in [4.78, 5) is 7.56. The van der Waals surface area contributed by atoms with Crippen LogP contribution < -0.4 is 14.2 Å². The Labute approximate surface area is 184 Å². The maximum Gasteiger partial charge on any atom is 0.175 e. The van der Waals surface area contributed by atoms with Gasteiger partial charge in [-0.25, -0.2) is 4.39 Å². The van der Waals surface area contributed by atoms with E-state index in [4.69, 9.17) is 14.2 Å². The van der Waals surface area contributed by atoms with E-state index in [0.29, 0.717) is 40.1 Å². The van der Waals surface area contributed by atoms with Crippen LogP contribution in [0, 0.1) is 12.7 Å². The summed E-state index contributed by atoms with van der Waals surface area (Å²) in [5.74, 6) is 1.33. The van der Waals surface area contributed by atoms with Crippen molar-refractivity contribution in [3.8, 4) is 23.0 Å². The number of nitrogens with zero attached hydrogens (tertiary/aromatic N) is 1. The number of H-pyrrole nitrogens is 1. The van der Waals surface area contributed by atoms with Crippen LogP contribution in [0.2, 0.25) is 0 Å². The summed E-state index contributed by atoms with van der Waals surface area (Å²) < 4.78 is 32.5. The smallest absolute Gasteiger partial charge is 0.175 e. The van der Waals surface area contributed by atoms with E-state index in [-0.39, 0.29) is 5.75 Å². The second-order valence-electron chi connectivity index (χ2n) is 7.50. The summed E-state index contributed by atoms with van der Waals surface area (Å²) in [6.07, 6.45) is 1.63. The monoisotopic (exact) mass is 428 g/mol. The highest BCUT2D eigenvalue weighted by Gasteiger charge is 2.15. The second-order valence-corrected chi connectivity index (χ2v) is 7.50. The number of benzene rings is 3. The van der Waals surface area contributed by atoms with Crippen molar-refractivity contribution >= 4 is 21.8 Å². The van der Waals surface area contributed by atoms with Crippen molar-refractivity contribution in [1.82, 2.24) is 9.97 Å². The summed E-state index contributed by atoms with van der Waals surface area (Å²) in [6.45, 7) is 2.29. The van der Waals surface area contributed by atoms with Crippen molar-refractivity contribution in [2.45, 2.75) is 13.5 Å². The summed E-state index contributed by atoms with van der Waals surface area (Å²) in [5, 5.41) is 1.19. The van der Waals surface area contributed by atoms with E-state index >= 15 is 4.39 Å². The van der Waals surface area contributed by atoms with E-state index in [9.17, 15) is 0 Å². The van der Waals surface area contributed by atoms with Gasteiger partial charge in [-0.1, -0.05) is 30.3 Å². The zero-order valence-electron chi connectivity index (χ0n) is 17.7. The lowest BCUT2D eigenvalue weighted by molar-refractivity contribution is 0.285. The molecule has 0 fully saturated rings. The molecular formula is C26H21FN2O3. The van der Waals surface area contributed by atoms with Crippen LogP contribution in [0.4, 0.5) is 4.39 Å². The first-order chi connectivity index (χ1) is 15.6. The summed E-state index contributed by atoms with van der Waals surface area (Å²) in [6, 6.07) is 20.4. The Balaban J connectivity index is 1.50. The molecule has 0 saturated carbocycles. The molecular weight excluding hydrogens is 407 g/mol. The molecule has 6 heteroatoms. The third-order valence-electron chi connectivity index (χ3n) is 5.28. The minimum absolute atomic E-state index is 0.146. The Hall–Kier alpha value is -4.06. The van der Waals surface area contributed by atoms with Crippen LogP contribution in [0.3, 0.4) is 0 Å². The van der Waals surface area contributed by atoms with Gasteiger partial charge in [0.1, 0.15) is 12.4 Å². The molecule has 0 aliphatic heterocycles. The maximum atomic E-state index is 15.0. The second kappa shape index (κ2) is 8.23. The van der Waals surface area contributed by atoms with Crippen molar-refractivity contribution in [2.24, 2.45) is 0 Å². The first kappa shape index (κ1) is 19.9. The predicted octanol–water partition coefficient (Wildman–Crippen LogP) is 6.54. The Bertz CT molecular complexity index is 1410. The number of aromatic amines is 1. The van der Waals surface area contributed by atoms with Crippen molar-refractivity contribution in [3.05, 3.63) is 90.0 Å².